The Labute approximate surface area is 168 Å². The minimum atomic E-state index is -0.964. The molecule has 0 unspecified atom stereocenters. The lowest BCUT2D eigenvalue weighted by molar-refractivity contribution is -0.145. The molecular weight excluding hydrogens is 382 g/mol. The van der Waals surface area contributed by atoms with Gasteiger partial charge < -0.3 is 30.5 Å². The van der Waals surface area contributed by atoms with Gasteiger partial charge in [0.15, 0.2) is 0 Å². The molecule has 0 heterocycles. The van der Waals surface area contributed by atoms with Crippen LogP contribution < -0.4 is 16.0 Å². The largest absolute Gasteiger partial charge is 0.508 e. The maximum atomic E-state index is 12.1. The predicted molar refractivity (Wildman–Crippen MR) is 103 cm³/mol. The van der Waals surface area contributed by atoms with Gasteiger partial charge in [-0.25, -0.2) is 9.59 Å². The molecule has 0 radical (unpaired) electrons. The Morgan fingerprint density at radius 3 is 2.14 bits per heavy atom. The van der Waals surface area contributed by atoms with Gasteiger partial charge in [-0.3, -0.25) is 9.59 Å². The number of rotatable bonds is 8. The lowest BCUT2D eigenvalue weighted by Crippen LogP contribution is -2.48. The van der Waals surface area contributed by atoms with Crippen molar-refractivity contribution >= 4 is 23.9 Å². The van der Waals surface area contributed by atoms with Gasteiger partial charge in [0.2, 0.25) is 11.8 Å². The molecule has 1 aromatic carbocycles. The summed E-state index contributed by atoms with van der Waals surface area (Å²) in [5, 5.41) is 16.4. The zero-order chi connectivity index (χ0) is 22.0. The number of hydrogen-bond donors (Lipinski definition) is 4. The zero-order valence-corrected chi connectivity index (χ0v) is 16.9. The van der Waals surface area contributed by atoms with Gasteiger partial charge in [-0.1, -0.05) is 12.1 Å². The summed E-state index contributed by atoms with van der Waals surface area (Å²) in [7, 11) is 1.20. The Morgan fingerprint density at radius 1 is 1.00 bits per heavy atom. The van der Waals surface area contributed by atoms with E-state index in [-0.39, 0.29) is 18.7 Å². The third kappa shape index (κ3) is 9.99. The van der Waals surface area contributed by atoms with Crippen LogP contribution in [-0.4, -0.2) is 60.8 Å². The Bertz CT molecular complexity index is 726. The highest BCUT2D eigenvalue weighted by atomic mass is 16.6. The fraction of sp³-hybridized carbons (Fsp3) is 0.474. The SMILES string of the molecule is COC(=O)[C@H](Cc1ccc(O)cc1)NC(=O)CNC(=O)CNC(=O)OC(C)(C)C. The van der Waals surface area contributed by atoms with Crippen molar-refractivity contribution in [1.82, 2.24) is 16.0 Å². The summed E-state index contributed by atoms with van der Waals surface area (Å²) >= 11 is 0. The molecule has 0 fully saturated rings. The third-order valence-electron chi connectivity index (χ3n) is 3.44. The first-order valence-corrected chi connectivity index (χ1v) is 8.89. The monoisotopic (exact) mass is 409 g/mol. The second-order valence-electron chi connectivity index (χ2n) is 7.15. The molecule has 3 amide bonds. The van der Waals surface area contributed by atoms with Crippen molar-refractivity contribution < 1.29 is 33.8 Å². The standard InChI is InChI=1S/C19H27N3O7/c1-19(2,3)29-18(27)21-10-15(24)20-11-16(25)22-14(17(26)28-4)9-12-5-7-13(23)8-6-12/h5-8,14,23H,9-11H2,1-4H3,(H,20,24)(H,21,27)(H,22,25)/t14-/m0/s1. The van der Waals surface area contributed by atoms with Gasteiger partial charge in [0.25, 0.3) is 0 Å². The van der Waals surface area contributed by atoms with Crippen molar-refractivity contribution in [2.75, 3.05) is 20.2 Å². The highest BCUT2D eigenvalue weighted by molar-refractivity contribution is 5.89. The minimum absolute atomic E-state index is 0.0788. The number of benzene rings is 1. The molecule has 0 aliphatic rings. The fourth-order valence-corrected chi connectivity index (χ4v) is 2.16. The van der Waals surface area contributed by atoms with E-state index in [2.05, 4.69) is 20.7 Å². The number of phenolic OH excluding ortho intramolecular Hbond substituents is 1. The summed E-state index contributed by atoms with van der Waals surface area (Å²) in [5.41, 5.74) is 0.00463. The average molecular weight is 409 g/mol. The van der Waals surface area contributed by atoms with Gasteiger partial charge in [-0.2, -0.15) is 0 Å². The number of alkyl carbamates (subject to hydrolysis) is 1. The number of hydrogen-bond acceptors (Lipinski definition) is 7. The van der Waals surface area contributed by atoms with Crippen LogP contribution in [0.1, 0.15) is 26.3 Å². The van der Waals surface area contributed by atoms with Crippen molar-refractivity contribution in [2.24, 2.45) is 0 Å². The second kappa shape index (κ2) is 10.9. The Balaban J connectivity index is 2.48. The van der Waals surface area contributed by atoms with Crippen molar-refractivity contribution in [3.05, 3.63) is 29.8 Å². The number of carbonyl (C=O) groups is 4. The summed E-state index contributed by atoms with van der Waals surface area (Å²) in [6.07, 6.45) is -0.607. The maximum Gasteiger partial charge on any atom is 0.408 e. The normalized spacial score (nSPS) is 11.7. The molecule has 160 valence electrons. The molecule has 1 atom stereocenters. The molecule has 0 bridgehead atoms. The number of amides is 3. The fourth-order valence-electron chi connectivity index (χ4n) is 2.16. The van der Waals surface area contributed by atoms with Gasteiger partial charge in [0, 0.05) is 6.42 Å². The maximum absolute atomic E-state index is 12.1. The van der Waals surface area contributed by atoms with Crippen LogP contribution in [-0.2, 0) is 30.3 Å². The number of nitrogens with one attached hydrogen (secondary N) is 3. The summed E-state index contributed by atoms with van der Waals surface area (Å²) in [6.45, 7) is 4.31. The highest BCUT2D eigenvalue weighted by Crippen LogP contribution is 2.12. The number of methoxy groups -OCH3 is 1. The van der Waals surface area contributed by atoms with Crippen molar-refractivity contribution in [1.29, 1.82) is 0 Å². The van der Waals surface area contributed by atoms with Crippen LogP contribution in [0.3, 0.4) is 0 Å². The summed E-state index contributed by atoms with van der Waals surface area (Å²) < 4.78 is 9.68. The van der Waals surface area contributed by atoms with E-state index < -0.39 is 42.1 Å². The molecule has 0 aromatic heterocycles. The Hall–Kier alpha value is -3.30. The average Bonchev–Trinajstić information content (AvgIpc) is 2.63. The summed E-state index contributed by atoms with van der Waals surface area (Å²) in [5.74, 6) is -1.77. The van der Waals surface area contributed by atoms with Crippen molar-refractivity contribution in [3.8, 4) is 5.75 Å². The summed E-state index contributed by atoms with van der Waals surface area (Å²) in [6, 6.07) is 5.18. The van der Waals surface area contributed by atoms with E-state index in [9.17, 15) is 24.3 Å². The molecule has 10 nitrogen and oxygen atoms in total. The van der Waals surface area contributed by atoms with Crippen molar-refractivity contribution in [3.63, 3.8) is 0 Å². The van der Waals surface area contributed by atoms with Crippen LogP contribution in [0.2, 0.25) is 0 Å². The smallest absolute Gasteiger partial charge is 0.408 e. The van der Waals surface area contributed by atoms with Crippen LogP contribution in [0.25, 0.3) is 0 Å². The van der Waals surface area contributed by atoms with Gasteiger partial charge in [0.05, 0.1) is 13.7 Å². The van der Waals surface area contributed by atoms with E-state index >= 15 is 0 Å². The van der Waals surface area contributed by atoms with E-state index in [1.165, 1.54) is 19.2 Å². The number of carbonyl (C=O) groups excluding carboxylic acids is 4. The van der Waals surface area contributed by atoms with Gasteiger partial charge in [0.1, 0.15) is 23.9 Å². The molecule has 4 N–H and O–H groups in total. The van der Waals surface area contributed by atoms with E-state index in [0.29, 0.717) is 5.56 Å². The number of ether oxygens (including phenoxy) is 2. The molecule has 0 saturated carbocycles. The molecule has 0 aliphatic carbocycles. The van der Waals surface area contributed by atoms with Crippen LogP contribution in [0, 0.1) is 0 Å². The first-order chi connectivity index (χ1) is 13.5. The quantitative estimate of drug-likeness (QED) is 0.450. The lowest BCUT2D eigenvalue weighted by atomic mass is 10.1. The van der Waals surface area contributed by atoms with E-state index in [1.54, 1.807) is 32.9 Å². The predicted octanol–water partition coefficient (Wildman–Crippen LogP) is 0.233. The number of aromatic hydroxyl groups is 1. The summed E-state index contributed by atoms with van der Waals surface area (Å²) in [4.78, 5) is 47.2. The molecule has 1 rings (SSSR count). The zero-order valence-electron chi connectivity index (χ0n) is 16.9. The molecule has 29 heavy (non-hydrogen) atoms. The van der Waals surface area contributed by atoms with Crippen LogP contribution in [0.15, 0.2) is 24.3 Å². The first-order valence-electron chi connectivity index (χ1n) is 8.89. The van der Waals surface area contributed by atoms with Crippen LogP contribution in [0.5, 0.6) is 5.75 Å². The highest BCUT2D eigenvalue weighted by Gasteiger charge is 2.22. The number of esters is 1. The van der Waals surface area contributed by atoms with E-state index in [4.69, 9.17) is 4.74 Å². The van der Waals surface area contributed by atoms with E-state index in [0.717, 1.165) is 0 Å². The molecule has 0 saturated heterocycles. The molecule has 0 aliphatic heterocycles. The lowest BCUT2D eigenvalue weighted by Gasteiger charge is -2.19. The van der Waals surface area contributed by atoms with Crippen LogP contribution in [0.4, 0.5) is 4.79 Å². The molecule has 0 spiro atoms. The van der Waals surface area contributed by atoms with Gasteiger partial charge in [-0.05, 0) is 38.5 Å². The molecule has 10 heteroatoms. The molecule has 1 aromatic rings. The Kier molecular flexibility index (Phi) is 8.91. The van der Waals surface area contributed by atoms with Crippen molar-refractivity contribution in [2.45, 2.75) is 38.8 Å². The minimum Gasteiger partial charge on any atom is -0.508 e. The topological polar surface area (TPSA) is 143 Å². The van der Waals surface area contributed by atoms with Crippen LogP contribution >= 0.6 is 0 Å². The molecular formula is C19H27N3O7. The van der Waals surface area contributed by atoms with E-state index in [1.807, 2.05) is 0 Å². The van der Waals surface area contributed by atoms with Gasteiger partial charge in [-0.15, -0.1) is 0 Å². The third-order valence-corrected chi connectivity index (χ3v) is 3.44. The van der Waals surface area contributed by atoms with Gasteiger partial charge >= 0.3 is 12.1 Å². The number of phenols is 1. The first kappa shape index (κ1) is 23.7. The second-order valence-corrected chi connectivity index (χ2v) is 7.15. The Morgan fingerprint density at radius 2 is 1.59 bits per heavy atom.